The van der Waals surface area contributed by atoms with E-state index in [9.17, 15) is 4.79 Å². The Hall–Kier alpha value is -1.71. The van der Waals surface area contributed by atoms with Crippen LogP contribution in [0, 0.1) is 11.3 Å². The number of nitriles is 1. The van der Waals surface area contributed by atoms with Crippen molar-refractivity contribution in [2.75, 3.05) is 5.75 Å². The Kier molecular flexibility index (Phi) is 3.52. The van der Waals surface area contributed by atoms with E-state index in [1.165, 1.54) is 16.8 Å². The molecule has 0 saturated carbocycles. The summed E-state index contributed by atoms with van der Waals surface area (Å²) in [6.07, 6.45) is 1.55. The molecule has 0 aromatic heterocycles. The van der Waals surface area contributed by atoms with Gasteiger partial charge in [0.1, 0.15) is 0 Å². The average molecular weight is 261 g/mol. The number of thioether (sulfide) groups is 1. The summed E-state index contributed by atoms with van der Waals surface area (Å²) in [6.45, 7) is 0. The monoisotopic (exact) mass is 261 g/mol. The highest BCUT2D eigenvalue weighted by Gasteiger charge is 2.25. The summed E-state index contributed by atoms with van der Waals surface area (Å²) < 4.78 is 0.472. The van der Waals surface area contributed by atoms with Gasteiger partial charge in [0.2, 0.25) is 0 Å². The van der Waals surface area contributed by atoms with Crippen molar-refractivity contribution >= 4 is 40.4 Å². The first-order valence-electron chi connectivity index (χ1n) is 4.74. The quantitative estimate of drug-likeness (QED) is 0.601. The van der Waals surface area contributed by atoms with Crippen molar-refractivity contribution in [1.82, 2.24) is 5.01 Å². The number of amides is 1. The van der Waals surface area contributed by atoms with Gasteiger partial charge in [0, 0.05) is 0 Å². The topological polar surface area (TPSA) is 56.5 Å². The number of hydrogen-bond acceptors (Lipinski definition) is 5. The number of hydrogen-bond donors (Lipinski definition) is 0. The first-order chi connectivity index (χ1) is 8.20. The van der Waals surface area contributed by atoms with Crippen molar-refractivity contribution < 1.29 is 4.79 Å². The number of thiocarbonyl (C=S) groups is 1. The van der Waals surface area contributed by atoms with Crippen LogP contribution in [0.25, 0.3) is 0 Å². The molecular weight excluding hydrogens is 254 g/mol. The van der Waals surface area contributed by atoms with Crippen LogP contribution in [0.15, 0.2) is 29.4 Å². The number of hydrazone groups is 1. The van der Waals surface area contributed by atoms with Crippen molar-refractivity contribution in [3.8, 4) is 6.07 Å². The smallest absolute Gasteiger partial charge is 0.259 e. The summed E-state index contributed by atoms with van der Waals surface area (Å²) in [5.74, 6) is 0.244. The lowest BCUT2D eigenvalue weighted by Gasteiger charge is -2.05. The molecule has 6 heteroatoms. The van der Waals surface area contributed by atoms with Gasteiger partial charge in [-0.05, 0) is 17.7 Å². The maximum atomic E-state index is 11.4. The minimum absolute atomic E-state index is 0.107. The van der Waals surface area contributed by atoms with E-state index in [1.54, 1.807) is 30.5 Å². The molecule has 0 aliphatic carbocycles. The van der Waals surface area contributed by atoms with E-state index in [4.69, 9.17) is 17.5 Å². The fourth-order valence-electron chi connectivity index (χ4n) is 1.23. The molecule has 1 heterocycles. The summed E-state index contributed by atoms with van der Waals surface area (Å²) in [4.78, 5) is 11.4. The Morgan fingerprint density at radius 2 is 2.18 bits per heavy atom. The Balaban J connectivity index is 2.12. The van der Waals surface area contributed by atoms with E-state index in [0.717, 1.165) is 5.56 Å². The first kappa shape index (κ1) is 11.8. The molecule has 0 radical (unpaired) electrons. The Morgan fingerprint density at radius 3 is 2.71 bits per heavy atom. The summed E-state index contributed by atoms with van der Waals surface area (Å²) >= 11 is 6.29. The zero-order chi connectivity index (χ0) is 12.3. The fraction of sp³-hybridized carbons (Fsp3) is 0.0909. The third-order valence-electron chi connectivity index (χ3n) is 2.09. The van der Waals surface area contributed by atoms with E-state index in [0.29, 0.717) is 15.6 Å². The Bertz CT molecular complexity index is 515. The third kappa shape index (κ3) is 2.70. The first-order valence-corrected chi connectivity index (χ1v) is 6.14. The molecule has 0 atom stereocenters. The van der Waals surface area contributed by atoms with Gasteiger partial charge in [-0.2, -0.15) is 15.4 Å². The van der Waals surface area contributed by atoms with Crippen LogP contribution in [0.5, 0.6) is 0 Å². The van der Waals surface area contributed by atoms with E-state index in [2.05, 4.69) is 5.10 Å². The number of carbonyl (C=O) groups excluding carboxylic acids is 1. The minimum atomic E-state index is -0.107. The minimum Gasteiger partial charge on any atom is -0.272 e. The maximum absolute atomic E-state index is 11.4. The molecule has 0 bridgehead atoms. The lowest BCUT2D eigenvalue weighted by atomic mass is 10.2. The van der Waals surface area contributed by atoms with Crippen molar-refractivity contribution in [3.05, 3.63) is 35.4 Å². The van der Waals surface area contributed by atoms with Crippen LogP contribution in [-0.4, -0.2) is 27.2 Å². The summed E-state index contributed by atoms with van der Waals surface area (Å²) in [5.41, 5.74) is 1.40. The molecular formula is C11H7N3OS2. The van der Waals surface area contributed by atoms with Crippen molar-refractivity contribution in [3.63, 3.8) is 0 Å². The van der Waals surface area contributed by atoms with Gasteiger partial charge in [-0.25, -0.2) is 0 Å². The molecule has 84 valence electrons. The highest BCUT2D eigenvalue weighted by molar-refractivity contribution is 8.23. The number of rotatable bonds is 2. The lowest BCUT2D eigenvalue weighted by molar-refractivity contribution is -0.123. The average Bonchev–Trinajstić information content (AvgIpc) is 2.67. The number of carbonyl (C=O) groups is 1. The van der Waals surface area contributed by atoms with Gasteiger partial charge >= 0.3 is 0 Å². The molecule has 17 heavy (non-hydrogen) atoms. The summed E-state index contributed by atoms with van der Waals surface area (Å²) in [5, 5.41) is 13.9. The number of nitrogens with zero attached hydrogens (tertiary/aromatic N) is 3. The van der Waals surface area contributed by atoms with Crippen LogP contribution >= 0.6 is 24.0 Å². The second-order valence-electron chi connectivity index (χ2n) is 3.24. The zero-order valence-corrected chi connectivity index (χ0v) is 10.3. The maximum Gasteiger partial charge on any atom is 0.259 e. The van der Waals surface area contributed by atoms with Gasteiger partial charge in [0.15, 0.2) is 4.32 Å². The van der Waals surface area contributed by atoms with Crippen LogP contribution in [0.3, 0.4) is 0 Å². The van der Waals surface area contributed by atoms with Gasteiger partial charge in [-0.15, -0.1) is 0 Å². The Labute approximate surface area is 108 Å². The van der Waals surface area contributed by atoms with Gasteiger partial charge in [-0.3, -0.25) is 4.79 Å². The zero-order valence-electron chi connectivity index (χ0n) is 8.66. The van der Waals surface area contributed by atoms with Gasteiger partial charge in [0.25, 0.3) is 5.91 Å². The van der Waals surface area contributed by atoms with Gasteiger partial charge in [0.05, 0.1) is 23.6 Å². The number of benzene rings is 1. The molecule has 1 fully saturated rings. The second kappa shape index (κ2) is 5.08. The SMILES string of the molecule is N#Cc1ccc(C=NN2C(=O)CSC2=S)cc1. The molecule has 0 N–H and O–H groups in total. The molecule has 1 aliphatic rings. The molecule has 0 unspecified atom stereocenters. The van der Waals surface area contributed by atoms with Crippen LogP contribution < -0.4 is 0 Å². The predicted molar refractivity (Wildman–Crippen MR) is 70.7 cm³/mol. The predicted octanol–water partition coefficient (Wildman–Crippen LogP) is 1.75. The molecule has 2 rings (SSSR count). The molecule has 4 nitrogen and oxygen atoms in total. The lowest BCUT2D eigenvalue weighted by Crippen LogP contribution is -2.22. The second-order valence-corrected chi connectivity index (χ2v) is 4.85. The molecule has 1 saturated heterocycles. The van der Waals surface area contributed by atoms with Crippen LogP contribution in [-0.2, 0) is 4.79 Å². The van der Waals surface area contributed by atoms with Crippen LogP contribution in [0.2, 0.25) is 0 Å². The van der Waals surface area contributed by atoms with Gasteiger partial charge in [-0.1, -0.05) is 36.1 Å². The van der Waals surface area contributed by atoms with E-state index in [-0.39, 0.29) is 5.91 Å². The van der Waals surface area contributed by atoms with Crippen molar-refractivity contribution in [2.24, 2.45) is 5.10 Å². The standard InChI is InChI=1S/C11H7N3OS2/c12-5-8-1-3-9(4-2-8)6-13-14-10(15)7-17-11(14)16/h1-4,6H,7H2. The Morgan fingerprint density at radius 1 is 1.47 bits per heavy atom. The molecule has 1 aliphatic heterocycles. The van der Waals surface area contributed by atoms with E-state index < -0.39 is 0 Å². The highest BCUT2D eigenvalue weighted by Crippen LogP contribution is 2.19. The summed E-state index contributed by atoms with van der Waals surface area (Å²) in [7, 11) is 0. The fourth-order valence-corrected chi connectivity index (χ4v) is 2.19. The molecule has 1 aromatic rings. The van der Waals surface area contributed by atoms with Crippen LogP contribution in [0.1, 0.15) is 11.1 Å². The van der Waals surface area contributed by atoms with E-state index >= 15 is 0 Å². The highest BCUT2D eigenvalue weighted by atomic mass is 32.2. The van der Waals surface area contributed by atoms with Crippen molar-refractivity contribution in [1.29, 1.82) is 5.26 Å². The van der Waals surface area contributed by atoms with Crippen LogP contribution in [0.4, 0.5) is 0 Å². The molecule has 0 spiro atoms. The summed E-state index contributed by atoms with van der Waals surface area (Å²) in [6, 6.07) is 8.95. The third-order valence-corrected chi connectivity index (χ3v) is 3.43. The normalized spacial score (nSPS) is 15.6. The van der Waals surface area contributed by atoms with E-state index in [1.807, 2.05) is 6.07 Å². The largest absolute Gasteiger partial charge is 0.272 e. The van der Waals surface area contributed by atoms with Crippen molar-refractivity contribution in [2.45, 2.75) is 0 Å². The van der Waals surface area contributed by atoms with Gasteiger partial charge < -0.3 is 0 Å². The molecule has 1 amide bonds. The molecule has 1 aromatic carbocycles.